The van der Waals surface area contributed by atoms with E-state index in [0.717, 1.165) is 11.0 Å². The molecular formula is C13H12BrN3O2. The lowest BCUT2D eigenvalue weighted by molar-refractivity contribution is -0.642. The molecule has 0 atom stereocenters. The largest absolute Gasteiger partial charge is 1.00 e. The van der Waals surface area contributed by atoms with Gasteiger partial charge in [0.1, 0.15) is 17.6 Å². The summed E-state index contributed by atoms with van der Waals surface area (Å²) in [6.45, 7) is 0.156. The number of nitrogen functional groups attached to an aromatic ring is 1. The van der Waals surface area contributed by atoms with E-state index in [2.05, 4.69) is 4.98 Å². The summed E-state index contributed by atoms with van der Waals surface area (Å²) in [4.78, 5) is 15.0. The van der Waals surface area contributed by atoms with Crippen molar-refractivity contribution in [2.24, 2.45) is 0 Å². The highest BCUT2D eigenvalue weighted by molar-refractivity contribution is 5.92. The number of Topliss-reactive ketones (excluding diaryl/α,β-unsaturated/α-hetero) is 1. The van der Waals surface area contributed by atoms with Gasteiger partial charge < -0.3 is 21.4 Å². The number of nitrogens with one attached hydrogen (secondary N) is 1. The van der Waals surface area contributed by atoms with E-state index in [1.165, 1.54) is 6.26 Å². The van der Waals surface area contributed by atoms with Crippen LogP contribution in [0.15, 0.2) is 47.1 Å². The first-order chi connectivity index (χ1) is 8.75. The van der Waals surface area contributed by atoms with Gasteiger partial charge in [-0.25, -0.2) is 9.55 Å². The number of H-pyrrole nitrogens is 1. The highest BCUT2D eigenvalue weighted by Crippen LogP contribution is 2.10. The Morgan fingerprint density at radius 3 is 2.79 bits per heavy atom. The van der Waals surface area contributed by atoms with Crippen molar-refractivity contribution in [2.75, 3.05) is 5.73 Å². The number of hydrogen-bond acceptors (Lipinski definition) is 3. The third-order valence-corrected chi connectivity index (χ3v) is 2.85. The second kappa shape index (κ2) is 5.27. The summed E-state index contributed by atoms with van der Waals surface area (Å²) in [6, 6.07) is 11.0. The number of nitrogens with zero attached hydrogens (tertiary/aromatic N) is 1. The molecule has 2 aromatic heterocycles. The van der Waals surface area contributed by atoms with E-state index in [-0.39, 0.29) is 29.3 Å². The van der Waals surface area contributed by atoms with Crippen LogP contribution in [0.2, 0.25) is 0 Å². The van der Waals surface area contributed by atoms with E-state index in [1.54, 1.807) is 16.7 Å². The topological polar surface area (TPSA) is 75.9 Å². The van der Waals surface area contributed by atoms with Crippen LogP contribution < -0.4 is 27.3 Å². The van der Waals surface area contributed by atoms with Gasteiger partial charge in [0.2, 0.25) is 5.78 Å². The van der Waals surface area contributed by atoms with Crippen molar-refractivity contribution < 1.29 is 30.8 Å². The molecule has 0 radical (unpaired) electrons. The molecule has 5 nitrogen and oxygen atoms in total. The first kappa shape index (κ1) is 13.4. The van der Waals surface area contributed by atoms with Crippen LogP contribution in [0.5, 0.6) is 0 Å². The fourth-order valence-electron chi connectivity index (χ4n) is 1.98. The number of ketones is 1. The van der Waals surface area contributed by atoms with Crippen LogP contribution >= 0.6 is 0 Å². The number of benzene rings is 1. The molecule has 0 saturated heterocycles. The highest BCUT2D eigenvalue weighted by atomic mass is 79.9. The van der Waals surface area contributed by atoms with Gasteiger partial charge in [-0.05, 0) is 24.3 Å². The predicted molar refractivity (Wildman–Crippen MR) is 65.9 cm³/mol. The molecule has 0 aliphatic carbocycles. The van der Waals surface area contributed by atoms with Gasteiger partial charge in [-0.1, -0.05) is 12.1 Å². The minimum Gasteiger partial charge on any atom is -1.00 e. The van der Waals surface area contributed by atoms with E-state index >= 15 is 0 Å². The smallest absolute Gasteiger partial charge is 0.354 e. The second-order valence-corrected chi connectivity index (χ2v) is 4.01. The van der Waals surface area contributed by atoms with E-state index in [9.17, 15) is 4.79 Å². The van der Waals surface area contributed by atoms with Gasteiger partial charge in [-0.15, -0.1) is 0 Å². The number of rotatable bonds is 3. The Morgan fingerprint density at radius 2 is 2.05 bits per heavy atom. The third-order valence-electron chi connectivity index (χ3n) is 2.85. The minimum absolute atomic E-state index is 0. The summed E-state index contributed by atoms with van der Waals surface area (Å²) >= 11 is 0. The van der Waals surface area contributed by atoms with Crippen molar-refractivity contribution in [3.05, 3.63) is 48.4 Å². The molecule has 0 amide bonds. The van der Waals surface area contributed by atoms with Crippen molar-refractivity contribution in [2.45, 2.75) is 6.54 Å². The van der Waals surface area contributed by atoms with Crippen LogP contribution in [0.25, 0.3) is 11.0 Å². The number of imidazole rings is 1. The molecule has 3 aromatic rings. The molecule has 0 saturated carbocycles. The zero-order valence-electron chi connectivity index (χ0n) is 9.97. The van der Waals surface area contributed by atoms with Gasteiger partial charge in [0.05, 0.1) is 6.26 Å². The molecular weight excluding hydrogens is 310 g/mol. The highest BCUT2D eigenvalue weighted by Gasteiger charge is 2.18. The molecule has 0 bridgehead atoms. The summed E-state index contributed by atoms with van der Waals surface area (Å²) in [7, 11) is 0. The maximum absolute atomic E-state index is 12.0. The summed E-state index contributed by atoms with van der Waals surface area (Å²) in [5, 5.41) is 0. The van der Waals surface area contributed by atoms with Crippen molar-refractivity contribution in [1.82, 2.24) is 4.98 Å². The van der Waals surface area contributed by atoms with Crippen LogP contribution in [0.4, 0.5) is 5.95 Å². The molecule has 19 heavy (non-hydrogen) atoms. The Balaban J connectivity index is 0.00000133. The Morgan fingerprint density at radius 1 is 1.26 bits per heavy atom. The summed E-state index contributed by atoms with van der Waals surface area (Å²) in [6.07, 6.45) is 1.48. The second-order valence-electron chi connectivity index (χ2n) is 4.01. The Kier molecular flexibility index (Phi) is 3.71. The Bertz CT molecular complexity index is 704. The third kappa shape index (κ3) is 2.39. The van der Waals surface area contributed by atoms with E-state index in [4.69, 9.17) is 10.2 Å². The van der Waals surface area contributed by atoms with Gasteiger partial charge in [-0.2, -0.15) is 0 Å². The Hall–Kier alpha value is -2.08. The number of aromatic amines is 1. The van der Waals surface area contributed by atoms with E-state index < -0.39 is 0 Å². The molecule has 0 fully saturated rings. The number of hydrogen-bond donors (Lipinski definition) is 2. The maximum Gasteiger partial charge on any atom is 0.354 e. The lowest BCUT2D eigenvalue weighted by Gasteiger charge is -1.98. The van der Waals surface area contributed by atoms with Crippen LogP contribution in [0.1, 0.15) is 10.6 Å². The molecule has 3 N–H and O–H groups in total. The molecule has 0 unspecified atom stereocenters. The molecule has 0 spiro atoms. The molecule has 98 valence electrons. The van der Waals surface area contributed by atoms with Crippen molar-refractivity contribution in [1.29, 1.82) is 0 Å². The lowest BCUT2D eigenvalue weighted by atomic mass is 10.3. The molecule has 0 aliphatic heterocycles. The molecule has 2 heterocycles. The molecule has 6 heteroatoms. The van der Waals surface area contributed by atoms with E-state index in [0.29, 0.717) is 11.7 Å². The van der Waals surface area contributed by atoms with Gasteiger partial charge in [0, 0.05) is 0 Å². The fraction of sp³-hybridized carbons (Fsp3) is 0.0769. The number of carbonyl (C=O) groups excluding carboxylic acids is 1. The van der Waals surface area contributed by atoms with Gasteiger partial charge in [0.25, 0.3) is 0 Å². The first-order valence-electron chi connectivity index (χ1n) is 5.58. The molecule has 3 rings (SSSR count). The monoisotopic (exact) mass is 321 g/mol. The van der Waals surface area contributed by atoms with Gasteiger partial charge >= 0.3 is 5.95 Å². The average molecular weight is 322 g/mol. The van der Waals surface area contributed by atoms with Crippen molar-refractivity contribution in [3.63, 3.8) is 0 Å². The summed E-state index contributed by atoms with van der Waals surface area (Å²) in [5.41, 5.74) is 7.68. The number of anilines is 1. The van der Waals surface area contributed by atoms with Crippen LogP contribution in [-0.2, 0) is 6.54 Å². The fourth-order valence-corrected chi connectivity index (χ4v) is 1.98. The van der Waals surface area contributed by atoms with E-state index in [1.807, 2.05) is 24.3 Å². The predicted octanol–water partition coefficient (Wildman–Crippen LogP) is -1.48. The number of furan rings is 1. The number of fused-ring (bicyclic) bond motifs is 1. The van der Waals surface area contributed by atoms with Gasteiger partial charge in [0.15, 0.2) is 5.76 Å². The molecule has 1 aromatic carbocycles. The molecule has 0 aliphatic rings. The number of nitrogens with two attached hydrogens (primary N) is 1. The quantitative estimate of drug-likeness (QED) is 0.456. The summed E-state index contributed by atoms with van der Waals surface area (Å²) < 4.78 is 6.82. The van der Waals surface area contributed by atoms with Crippen molar-refractivity contribution in [3.8, 4) is 0 Å². The number of halogens is 1. The number of para-hydroxylation sites is 2. The average Bonchev–Trinajstić information content (AvgIpc) is 2.98. The number of carbonyl (C=O) groups is 1. The maximum atomic E-state index is 12.0. The normalized spacial score (nSPS) is 10.3. The zero-order valence-corrected chi connectivity index (χ0v) is 11.6. The minimum atomic E-state index is -0.110. The SMILES string of the molecule is Nc1[nH]c2ccccc2[n+]1CC(=O)c1ccco1.[Br-]. The zero-order chi connectivity index (χ0) is 12.5. The van der Waals surface area contributed by atoms with Crippen LogP contribution in [0, 0.1) is 0 Å². The van der Waals surface area contributed by atoms with Gasteiger partial charge in [-0.3, -0.25) is 10.5 Å². The summed E-state index contributed by atoms with van der Waals surface area (Å²) in [5.74, 6) is 0.685. The van der Waals surface area contributed by atoms with Crippen molar-refractivity contribution >= 4 is 22.8 Å². The van der Waals surface area contributed by atoms with Crippen LogP contribution in [0.3, 0.4) is 0 Å². The first-order valence-corrected chi connectivity index (χ1v) is 5.58. The number of aromatic nitrogens is 2. The standard InChI is InChI=1S/C13H11N3O2.BrH/c14-13-15-9-4-1-2-5-10(9)16(13)8-11(17)12-6-3-7-18-12;/h1-7H,8H2,(H2,14,15);1H. The Labute approximate surface area is 119 Å². The van der Waals surface area contributed by atoms with Crippen LogP contribution in [-0.4, -0.2) is 10.8 Å². The lowest BCUT2D eigenvalue weighted by Crippen LogP contribution is -3.00.